The van der Waals surface area contributed by atoms with Crippen molar-refractivity contribution in [2.75, 3.05) is 204 Å². The second kappa shape index (κ2) is 65.2. The Balaban J connectivity index is 3.41. The molecule has 0 aromatic carbocycles. The van der Waals surface area contributed by atoms with Gasteiger partial charge in [0.05, 0.1) is 159 Å². The summed E-state index contributed by atoms with van der Waals surface area (Å²) in [6, 6.07) is -0.867. The molecule has 91 heavy (non-hydrogen) atoms. The van der Waals surface area contributed by atoms with Crippen molar-refractivity contribution in [2.45, 2.75) is 129 Å². The summed E-state index contributed by atoms with van der Waals surface area (Å²) in [5.74, 6) is -3.52. The zero-order chi connectivity index (χ0) is 66.9. The Bertz CT molecular complexity index is 1820. The van der Waals surface area contributed by atoms with Gasteiger partial charge in [-0.15, -0.1) is 0 Å². The maximum absolute atomic E-state index is 12.3. The molecule has 0 fully saturated rings. The summed E-state index contributed by atoms with van der Waals surface area (Å²) in [6.07, 6.45) is 7.07. The van der Waals surface area contributed by atoms with Gasteiger partial charge in [-0.3, -0.25) is 54.0 Å². The van der Waals surface area contributed by atoms with Crippen molar-refractivity contribution < 1.29 is 116 Å². The number of carboxylic acid groups (broad SMARTS) is 1. The number of unbranched alkanes of at least 4 members (excludes halogenated alkanes) is 7. The van der Waals surface area contributed by atoms with Crippen LogP contribution in [0.1, 0.15) is 122 Å². The molecule has 0 saturated carbocycles. The van der Waals surface area contributed by atoms with E-state index in [1.54, 1.807) is 0 Å². The van der Waals surface area contributed by atoms with Crippen LogP contribution in [0.25, 0.3) is 0 Å². The lowest BCUT2D eigenvalue weighted by atomic mass is 10.1. The van der Waals surface area contributed by atoms with Gasteiger partial charge in [-0.25, -0.2) is 15.2 Å². The number of carboxylic acids is 1. The standard InChI is InChI=1S/C59H112N8O24/c1-51(68)65(77)24-10-2-6-20-61-53(69)14-16-57(73)66(78)25-11-3-7-21-62-54(70)15-17-58(74)67(79)26-12-4-8-22-63-55(71)18-27-80-29-31-82-33-35-84-37-39-86-41-43-88-45-47-90-49-50-91-48-46-89-44-42-87-40-38-85-36-34-83-32-30-81-28-19-56(72)64-23-9-5-13-52(60)59(75)76/h52,77-79H,2-50,60H2,1H3,(H,61,69)(H,62,70)(H,63,71)(H,64,72)(H,75,76)/t52-/m0/s1. The SMILES string of the molecule is CC(=O)N(O)CCCCCNC(=O)CCC(=O)N(O)CCCCCNC(=O)CCC(=O)N(O)CCCCCNC(=O)CCOCCOCCOCCOCCOCCOCCOCCOCCOCCOCCOCCOCCC(=O)NCCCC[C@H](N)C(=O)O. The van der Waals surface area contributed by atoms with Crippen molar-refractivity contribution in [1.29, 1.82) is 0 Å². The highest BCUT2D eigenvalue weighted by atomic mass is 16.6. The van der Waals surface area contributed by atoms with Gasteiger partial charge in [0.15, 0.2) is 0 Å². The van der Waals surface area contributed by atoms with E-state index in [0.717, 1.165) is 0 Å². The minimum atomic E-state index is -1.02. The molecule has 0 aliphatic rings. The number of rotatable bonds is 69. The van der Waals surface area contributed by atoms with E-state index in [1.165, 1.54) is 6.92 Å². The summed E-state index contributed by atoms with van der Waals surface area (Å²) >= 11 is 0. The number of hydrogen-bond donors (Lipinski definition) is 9. The summed E-state index contributed by atoms with van der Waals surface area (Å²) in [7, 11) is 0. The molecule has 0 aromatic rings. The first kappa shape index (κ1) is 86.1. The number of nitrogens with zero attached hydrogens (tertiary/aromatic N) is 3. The van der Waals surface area contributed by atoms with Crippen molar-refractivity contribution in [2.24, 2.45) is 5.73 Å². The van der Waals surface area contributed by atoms with Gasteiger partial charge in [-0.2, -0.15) is 0 Å². The van der Waals surface area contributed by atoms with Crippen molar-refractivity contribution in [3.05, 3.63) is 0 Å². The third kappa shape index (κ3) is 62.3. The molecular weight excluding hydrogens is 1200 g/mol. The monoisotopic (exact) mass is 1320 g/mol. The molecule has 0 saturated heterocycles. The number of amides is 7. The van der Waals surface area contributed by atoms with Crippen LogP contribution in [0.4, 0.5) is 0 Å². The van der Waals surface area contributed by atoms with Crippen molar-refractivity contribution in [3.63, 3.8) is 0 Å². The third-order valence-electron chi connectivity index (χ3n) is 12.8. The zero-order valence-electron chi connectivity index (χ0n) is 54.1. The largest absolute Gasteiger partial charge is 0.480 e. The van der Waals surface area contributed by atoms with Crippen LogP contribution >= 0.6 is 0 Å². The number of hydrogen-bond acceptors (Lipinski definition) is 24. The smallest absolute Gasteiger partial charge is 0.320 e. The number of aliphatic carboxylic acids is 1. The van der Waals surface area contributed by atoms with Crippen LogP contribution in [0, 0.1) is 0 Å². The van der Waals surface area contributed by atoms with E-state index in [2.05, 4.69) is 21.3 Å². The first-order valence-corrected chi connectivity index (χ1v) is 32.1. The van der Waals surface area contributed by atoms with Gasteiger partial charge in [0.1, 0.15) is 6.04 Å². The van der Waals surface area contributed by atoms with Gasteiger partial charge < -0.3 is 88.9 Å². The fourth-order valence-electron chi connectivity index (χ4n) is 7.52. The highest BCUT2D eigenvalue weighted by molar-refractivity contribution is 5.84. The van der Waals surface area contributed by atoms with E-state index in [1.807, 2.05) is 0 Å². The average molecular weight is 1320 g/mol. The van der Waals surface area contributed by atoms with E-state index in [9.17, 15) is 54.0 Å². The second-order valence-corrected chi connectivity index (χ2v) is 20.5. The maximum Gasteiger partial charge on any atom is 0.320 e. The van der Waals surface area contributed by atoms with Crippen LogP contribution in [-0.2, 0) is 95.2 Å². The lowest BCUT2D eigenvalue weighted by molar-refractivity contribution is -0.166. The van der Waals surface area contributed by atoms with E-state index >= 15 is 0 Å². The number of hydroxylamine groups is 6. The first-order valence-electron chi connectivity index (χ1n) is 32.1. The highest BCUT2D eigenvalue weighted by Gasteiger charge is 2.16. The van der Waals surface area contributed by atoms with E-state index in [-0.39, 0.29) is 95.0 Å². The molecule has 0 aliphatic carbocycles. The Kier molecular flexibility index (Phi) is 61.7. The van der Waals surface area contributed by atoms with Crippen LogP contribution in [0.2, 0.25) is 0 Å². The summed E-state index contributed by atoms with van der Waals surface area (Å²) in [6.45, 7) is 13.1. The molecule has 10 N–H and O–H groups in total. The van der Waals surface area contributed by atoms with Crippen LogP contribution in [0.5, 0.6) is 0 Å². The molecule has 32 heteroatoms. The normalized spacial score (nSPS) is 11.5. The molecule has 32 nitrogen and oxygen atoms in total. The Morgan fingerprint density at radius 2 is 0.549 bits per heavy atom. The summed E-state index contributed by atoms with van der Waals surface area (Å²) in [4.78, 5) is 94.2. The number of carbonyl (C=O) groups excluding carboxylic acids is 7. The molecule has 0 bridgehead atoms. The third-order valence-corrected chi connectivity index (χ3v) is 12.8. The van der Waals surface area contributed by atoms with Gasteiger partial charge in [0.25, 0.3) is 0 Å². The Hall–Kier alpha value is -4.88. The lowest BCUT2D eigenvalue weighted by Gasteiger charge is -2.15. The molecule has 532 valence electrons. The average Bonchev–Trinajstić information content (AvgIpc) is 3.54. The van der Waals surface area contributed by atoms with E-state index in [0.29, 0.717) is 264 Å². The van der Waals surface area contributed by atoms with Crippen LogP contribution in [0.3, 0.4) is 0 Å². The summed E-state index contributed by atoms with van der Waals surface area (Å²) in [5, 5.41) is 51.0. The van der Waals surface area contributed by atoms with Gasteiger partial charge in [0, 0.05) is 91.3 Å². The summed E-state index contributed by atoms with van der Waals surface area (Å²) in [5.41, 5.74) is 5.45. The number of ether oxygens (including phenoxy) is 12. The number of carbonyl (C=O) groups is 8. The quantitative estimate of drug-likeness (QED) is 0.0230. The van der Waals surface area contributed by atoms with Gasteiger partial charge in [-0.05, 0) is 77.0 Å². The van der Waals surface area contributed by atoms with Gasteiger partial charge >= 0.3 is 5.97 Å². The van der Waals surface area contributed by atoms with E-state index < -0.39 is 29.7 Å². The van der Waals surface area contributed by atoms with Crippen LogP contribution < -0.4 is 27.0 Å². The van der Waals surface area contributed by atoms with Crippen molar-refractivity contribution in [1.82, 2.24) is 36.5 Å². The molecule has 0 radical (unpaired) electrons. The number of nitrogens with one attached hydrogen (secondary N) is 4. The molecule has 0 heterocycles. The molecule has 0 unspecified atom stereocenters. The van der Waals surface area contributed by atoms with Crippen LogP contribution in [0.15, 0.2) is 0 Å². The van der Waals surface area contributed by atoms with Gasteiger partial charge in [-0.1, -0.05) is 0 Å². The predicted molar refractivity (Wildman–Crippen MR) is 327 cm³/mol. The highest BCUT2D eigenvalue weighted by Crippen LogP contribution is 2.05. The van der Waals surface area contributed by atoms with Crippen molar-refractivity contribution >= 4 is 47.3 Å². The fourth-order valence-corrected chi connectivity index (χ4v) is 7.52. The second-order valence-electron chi connectivity index (χ2n) is 20.5. The van der Waals surface area contributed by atoms with Crippen molar-refractivity contribution in [3.8, 4) is 0 Å². The number of nitrogens with two attached hydrogens (primary N) is 1. The molecule has 1 atom stereocenters. The molecule has 0 aromatic heterocycles. The molecule has 7 amide bonds. The minimum Gasteiger partial charge on any atom is -0.480 e. The minimum absolute atomic E-state index is 0.0690. The summed E-state index contributed by atoms with van der Waals surface area (Å²) < 4.78 is 65.8. The molecular formula is C59H112N8O24. The Morgan fingerprint density at radius 1 is 0.319 bits per heavy atom. The fraction of sp³-hybridized carbons (Fsp3) is 0.864. The van der Waals surface area contributed by atoms with E-state index in [4.69, 9.17) is 67.7 Å². The maximum atomic E-state index is 12.3. The topological polar surface area (TPSA) is 412 Å². The predicted octanol–water partition coefficient (Wildman–Crippen LogP) is 0.757. The Morgan fingerprint density at radius 3 is 0.802 bits per heavy atom. The lowest BCUT2D eigenvalue weighted by Crippen LogP contribution is -2.31. The zero-order valence-corrected chi connectivity index (χ0v) is 54.1. The Labute approximate surface area is 536 Å². The molecule has 0 aliphatic heterocycles. The molecule has 0 rings (SSSR count). The van der Waals surface area contributed by atoms with Gasteiger partial charge in [0.2, 0.25) is 41.4 Å². The van der Waals surface area contributed by atoms with Crippen LogP contribution in [-0.4, -0.2) is 294 Å². The first-order chi connectivity index (χ1) is 44.1. The molecule has 0 spiro atoms.